The fourth-order valence-electron chi connectivity index (χ4n) is 2.10. The summed E-state index contributed by atoms with van der Waals surface area (Å²) in [6, 6.07) is 0. The molecule has 0 radical (unpaired) electrons. The molecule has 0 saturated carbocycles. The number of hydrogen-bond donors (Lipinski definition) is 2. The molecule has 4 nitrogen and oxygen atoms in total. The minimum absolute atomic E-state index is 0.120. The van der Waals surface area contributed by atoms with Gasteiger partial charge in [-0.05, 0) is 19.8 Å². The Balaban J connectivity index is 3.78. The van der Waals surface area contributed by atoms with Gasteiger partial charge in [-0.1, -0.05) is 51.9 Å². The highest BCUT2D eigenvalue weighted by Crippen LogP contribution is 2.17. The summed E-state index contributed by atoms with van der Waals surface area (Å²) < 4.78 is 31.3. The molecular formula is C13H28O4S. The monoisotopic (exact) mass is 280 g/mol. The van der Waals surface area contributed by atoms with Crippen LogP contribution < -0.4 is 0 Å². The maximum absolute atomic E-state index is 11.1. The van der Waals surface area contributed by atoms with Crippen LogP contribution in [-0.4, -0.2) is 29.4 Å². The summed E-state index contributed by atoms with van der Waals surface area (Å²) in [6.07, 6.45) is 7.70. The molecule has 0 heterocycles. The zero-order chi connectivity index (χ0) is 14.0. The van der Waals surface area contributed by atoms with Gasteiger partial charge in [0.25, 0.3) is 10.1 Å². The molecule has 0 bridgehead atoms. The lowest BCUT2D eigenvalue weighted by atomic mass is 10.1. The third-order valence-corrected chi connectivity index (χ3v) is 4.43. The van der Waals surface area contributed by atoms with E-state index in [0.29, 0.717) is 6.42 Å². The molecule has 0 aliphatic carbocycles. The number of aliphatic hydroxyl groups is 1. The van der Waals surface area contributed by atoms with Gasteiger partial charge in [0.2, 0.25) is 0 Å². The van der Waals surface area contributed by atoms with Gasteiger partial charge in [-0.2, -0.15) is 8.42 Å². The molecule has 0 spiro atoms. The molecule has 2 unspecified atom stereocenters. The minimum Gasteiger partial charge on any atom is -0.393 e. The molecule has 0 aromatic rings. The molecule has 18 heavy (non-hydrogen) atoms. The van der Waals surface area contributed by atoms with Crippen molar-refractivity contribution < 1.29 is 18.1 Å². The van der Waals surface area contributed by atoms with Gasteiger partial charge in [-0.3, -0.25) is 4.55 Å². The maximum Gasteiger partial charge on any atom is 0.267 e. The second-order valence-corrected chi connectivity index (χ2v) is 6.83. The Bertz CT molecular complexity index is 285. The fraction of sp³-hybridized carbons (Fsp3) is 1.00. The predicted molar refractivity (Wildman–Crippen MR) is 74.2 cm³/mol. The van der Waals surface area contributed by atoms with Gasteiger partial charge >= 0.3 is 0 Å². The molecular weight excluding hydrogens is 252 g/mol. The smallest absolute Gasteiger partial charge is 0.267 e. The van der Waals surface area contributed by atoms with Crippen molar-refractivity contribution in [1.82, 2.24) is 0 Å². The Hall–Kier alpha value is -0.130. The number of unbranched alkanes of at least 4 members (excludes halogenated alkanes) is 6. The quantitative estimate of drug-likeness (QED) is 0.450. The molecule has 5 heteroatoms. The second-order valence-electron chi connectivity index (χ2n) is 5.13. The van der Waals surface area contributed by atoms with E-state index in [9.17, 15) is 13.5 Å². The summed E-state index contributed by atoms with van der Waals surface area (Å²) in [7, 11) is -4.02. The van der Waals surface area contributed by atoms with Crippen LogP contribution in [0.4, 0.5) is 0 Å². The van der Waals surface area contributed by atoms with Crippen LogP contribution in [-0.2, 0) is 10.1 Å². The lowest BCUT2D eigenvalue weighted by Gasteiger charge is -2.15. The molecule has 0 amide bonds. The maximum atomic E-state index is 11.1. The van der Waals surface area contributed by atoms with Crippen LogP contribution in [0.2, 0.25) is 0 Å². The van der Waals surface area contributed by atoms with Crippen molar-refractivity contribution in [1.29, 1.82) is 0 Å². The molecule has 0 aliphatic rings. The van der Waals surface area contributed by atoms with E-state index in [0.717, 1.165) is 19.3 Å². The fourth-order valence-corrected chi connectivity index (χ4v) is 3.08. The molecule has 0 rings (SSSR count). The summed E-state index contributed by atoms with van der Waals surface area (Å²) in [5, 5.41) is 8.40. The molecule has 0 saturated heterocycles. The van der Waals surface area contributed by atoms with E-state index in [1.807, 2.05) is 0 Å². The topological polar surface area (TPSA) is 74.6 Å². The van der Waals surface area contributed by atoms with E-state index in [-0.39, 0.29) is 6.42 Å². The van der Waals surface area contributed by atoms with E-state index in [1.54, 1.807) is 6.92 Å². The van der Waals surface area contributed by atoms with Crippen molar-refractivity contribution >= 4 is 10.1 Å². The summed E-state index contributed by atoms with van der Waals surface area (Å²) in [6.45, 7) is 3.72. The van der Waals surface area contributed by atoms with Gasteiger partial charge in [0.1, 0.15) is 0 Å². The molecule has 110 valence electrons. The van der Waals surface area contributed by atoms with Crippen LogP contribution >= 0.6 is 0 Å². The zero-order valence-corrected chi connectivity index (χ0v) is 12.5. The highest BCUT2D eigenvalue weighted by molar-refractivity contribution is 7.86. The lowest BCUT2D eigenvalue weighted by molar-refractivity contribution is 0.179. The highest BCUT2D eigenvalue weighted by atomic mass is 32.2. The molecule has 0 aromatic heterocycles. The lowest BCUT2D eigenvalue weighted by Crippen LogP contribution is -2.24. The van der Waals surface area contributed by atoms with E-state index in [1.165, 1.54) is 25.7 Å². The van der Waals surface area contributed by atoms with Gasteiger partial charge < -0.3 is 5.11 Å². The second kappa shape index (κ2) is 9.75. The van der Waals surface area contributed by atoms with E-state index < -0.39 is 21.5 Å². The van der Waals surface area contributed by atoms with Crippen molar-refractivity contribution in [3.63, 3.8) is 0 Å². The largest absolute Gasteiger partial charge is 0.393 e. The minimum atomic E-state index is -4.02. The Morgan fingerprint density at radius 1 is 1.00 bits per heavy atom. The average molecular weight is 280 g/mol. The molecule has 0 aromatic carbocycles. The average Bonchev–Trinajstić information content (AvgIpc) is 2.24. The Labute approximate surface area is 112 Å². The first-order valence-electron chi connectivity index (χ1n) is 7.02. The van der Waals surface area contributed by atoms with Crippen LogP contribution in [0.5, 0.6) is 0 Å². The van der Waals surface area contributed by atoms with Gasteiger partial charge in [-0.25, -0.2) is 0 Å². The Kier molecular flexibility index (Phi) is 9.68. The zero-order valence-electron chi connectivity index (χ0n) is 11.6. The number of aliphatic hydroxyl groups excluding tert-OH is 1. The van der Waals surface area contributed by atoms with Crippen LogP contribution in [0.25, 0.3) is 0 Å². The van der Waals surface area contributed by atoms with E-state index >= 15 is 0 Å². The van der Waals surface area contributed by atoms with Gasteiger partial charge in [0, 0.05) is 0 Å². The van der Waals surface area contributed by atoms with Crippen molar-refractivity contribution in [3.05, 3.63) is 0 Å². The molecule has 2 N–H and O–H groups in total. The summed E-state index contributed by atoms with van der Waals surface area (Å²) in [5.41, 5.74) is 0. The molecule has 0 aliphatic heterocycles. The van der Waals surface area contributed by atoms with Crippen molar-refractivity contribution in [2.75, 3.05) is 0 Å². The summed E-state index contributed by atoms with van der Waals surface area (Å²) >= 11 is 0. The first kappa shape index (κ1) is 17.9. The van der Waals surface area contributed by atoms with Crippen LogP contribution in [0.15, 0.2) is 0 Å². The highest BCUT2D eigenvalue weighted by Gasteiger charge is 2.23. The molecule has 0 fully saturated rings. The van der Waals surface area contributed by atoms with Gasteiger partial charge in [0.05, 0.1) is 11.4 Å². The summed E-state index contributed by atoms with van der Waals surface area (Å²) in [4.78, 5) is 0. The van der Waals surface area contributed by atoms with Crippen molar-refractivity contribution in [2.24, 2.45) is 0 Å². The standard InChI is InChI=1S/C13H28O4S/c1-3-4-5-6-7-8-9-10-13(11-12(2)14)18(15,16)17/h12-14H,3-11H2,1-2H3,(H,15,16,17). The third-order valence-electron chi connectivity index (χ3n) is 3.15. The Morgan fingerprint density at radius 2 is 1.50 bits per heavy atom. The molecule has 2 atom stereocenters. The normalized spacial score (nSPS) is 15.6. The van der Waals surface area contributed by atoms with Gasteiger partial charge in [-0.15, -0.1) is 0 Å². The third kappa shape index (κ3) is 9.85. The first-order valence-corrected chi connectivity index (χ1v) is 8.52. The van der Waals surface area contributed by atoms with E-state index in [2.05, 4.69) is 6.92 Å². The van der Waals surface area contributed by atoms with Gasteiger partial charge in [0.15, 0.2) is 0 Å². The number of rotatable bonds is 11. The van der Waals surface area contributed by atoms with E-state index in [4.69, 9.17) is 4.55 Å². The van der Waals surface area contributed by atoms with Crippen molar-refractivity contribution in [2.45, 2.75) is 83.0 Å². The first-order chi connectivity index (χ1) is 8.38. The summed E-state index contributed by atoms with van der Waals surface area (Å²) in [5.74, 6) is 0. The van der Waals surface area contributed by atoms with Crippen LogP contribution in [0.1, 0.15) is 71.6 Å². The predicted octanol–water partition coefficient (Wildman–Crippen LogP) is 3.15. The van der Waals surface area contributed by atoms with Crippen LogP contribution in [0, 0.1) is 0 Å². The van der Waals surface area contributed by atoms with Crippen molar-refractivity contribution in [3.8, 4) is 0 Å². The number of hydrogen-bond acceptors (Lipinski definition) is 3. The Morgan fingerprint density at radius 3 is 1.94 bits per heavy atom. The van der Waals surface area contributed by atoms with Crippen LogP contribution in [0.3, 0.4) is 0 Å². The SMILES string of the molecule is CCCCCCCCCC(CC(C)O)S(=O)(=O)O.